The SMILES string of the molecule is Nc1nc(NC2CCC2)sc1C(=O)Nc1ccc(I)cc1. The van der Waals surface area contributed by atoms with Crippen LogP contribution in [0.1, 0.15) is 28.9 Å². The maximum Gasteiger partial charge on any atom is 0.269 e. The third kappa shape index (κ3) is 3.46. The minimum absolute atomic E-state index is 0.215. The van der Waals surface area contributed by atoms with Gasteiger partial charge in [-0.25, -0.2) is 4.98 Å². The van der Waals surface area contributed by atoms with E-state index in [0.717, 1.165) is 27.2 Å². The third-order valence-electron chi connectivity index (χ3n) is 3.39. The van der Waals surface area contributed by atoms with Gasteiger partial charge in [-0.3, -0.25) is 4.79 Å². The molecule has 7 heteroatoms. The minimum atomic E-state index is -0.215. The van der Waals surface area contributed by atoms with Gasteiger partial charge in [0, 0.05) is 15.3 Å². The maximum absolute atomic E-state index is 12.3. The molecule has 0 bridgehead atoms. The lowest BCUT2D eigenvalue weighted by Gasteiger charge is -2.25. The van der Waals surface area contributed by atoms with E-state index >= 15 is 0 Å². The van der Waals surface area contributed by atoms with Crippen LogP contribution in [0, 0.1) is 3.57 Å². The van der Waals surface area contributed by atoms with Crippen molar-refractivity contribution >= 4 is 56.5 Å². The summed E-state index contributed by atoms with van der Waals surface area (Å²) < 4.78 is 1.12. The maximum atomic E-state index is 12.3. The van der Waals surface area contributed by atoms with E-state index in [1.807, 2.05) is 24.3 Å². The fraction of sp³-hybridized carbons (Fsp3) is 0.286. The van der Waals surface area contributed by atoms with E-state index in [0.29, 0.717) is 10.9 Å². The van der Waals surface area contributed by atoms with Gasteiger partial charge < -0.3 is 16.4 Å². The minimum Gasteiger partial charge on any atom is -0.382 e. The Hall–Kier alpha value is -1.35. The highest BCUT2D eigenvalue weighted by atomic mass is 127. The van der Waals surface area contributed by atoms with Gasteiger partial charge in [-0.05, 0) is 66.1 Å². The Morgan fingerprint density at radius 3 is 2.67 bits per heavy atom. The second-order valence-electron chi connectivity index (χ2n) is 4.97. The number of amides is 1. The number of hydrogen-bond donors (Lipinski definition) is 3. The standard InChI is InChI=1S/C14H15IN4OS/c15-8-4-6-10(7-5-8)17-13(20)11-12(16)19-14(21-11)18-9-2-1-3-9/h4-7,9H,1-3,16H2,(H,17,20)(H,18,19). The number of carbonyl (C=O) groups is 1. The molecule has 3 rings (SSSR count). The molecule has 0 radical (unpaired) electrons. The van der Waals surface area contributed by atoms with Crippen LogP contribution in [0.25, 0.3) is 0 Å². The molecule has 110 valence electrons. The first-order valence-corrected chi connectivity index (χ1v) is 8.61. The molecule has 1 fully saturated rings. The molecule has 0 aliphatic heterocycles. The number of benzene rings is 1. The van der Waals surface area contributed by atoms with Gasteiger partial charge in [0.05, 0.1) is 0 Å². The van der Waals surface area contributed by atoms with E-state index < -0.39 is 0 Å². The average Bonchev–Trinajstić information content (AvgIpc) is 2.78. The summed E-state index contributed by atoms with van der Waals surface area (Å²) in [5.41, 5.74) is 6.60. The molecule has 1 aliphatic rings. The number of hydrogen-bond acceptors (Lipinski definition) is 5. The summed E-state index contributed by atoms with van der Waals surface area (Å²) >= 11 is 3.53. The number of carbonyl (C=O) groups excluding carboxylic acids is 1. The molecule has 0 atom stereocenters. The van der Waals surface area contributed by atoms with Crippen LogP contribution >= 0.6 is 33.9 Å². The summed E-state index contributed by atoms with van der Waals surface area (Å²) in [5.74, 6) is 0.0673. The summed E-state index contributed by atoms with van der Waals surface area (Å²) in [6.45, 7) is 0. The molecule has 1 aromatic carbocycles. The first-order valence-electron chi connectivity index (χ1n) is 6.71. The summed E-state index contributed by atoms with van der Waals surface area (Å²) in [4.78, 5) is 16.9. The van der Waals surface area contributed by atoms with Gasteiger partial charge >= 0.3 is 0 Å². The fourth-order valence-electron chi connectivity index (χ4n) is 2.00. The van der Waals surface area contributed by atoms with E-state index in [2.05, 4.69) is 38.2 Å². The molecule has 0 unspecified atom stereocenters. The molecule has 1 amide bonds. The van der Waals surface area contributed by atoms with Crippen LogP contribution in [0.3, 0.4) is 0 Å². The molecular weight excluding hydrogens is 399 g/mol. The van der Waals surface area contributed by atoms with Crippen LogP contribution in [0.2, 0.25) is 0 Å². The lowest BCUT2D eigenvalue weighted by molar-refractivity contribution is 0.103. The Bertz CT molecular complexity index is 651. The smallest absolute Gasteiger partial charge is 0.269 e. The molecule has 21 heavy (non-hydrogen) atoms. The number of nitrogen functional groups attached to an aromatic ring is 1. The topological polar surface area (TPSA) is 80.0 Å². The van der Waals surface area contributed by atoms with Gasteiger partial charge in [-0.2, -0.15) is 0 Å². The highest BCUT2D eigenvalue weighted by Gasteiger charge is 2.21. The van der Waals surface area contributed by atoms with Crippen molar-refractivity contribution < 1.29 is 4.79 Å². The van der Waals surface area contributed by atoms with Crippen LogP contribution in [0.15, 0.2) is 24.3 Å². The van der Waals surface area contributed by atoms with Crippen LogP contribution in [0.5, 0.6) is 0 Å². The lowest BCUT2D eigenvalue weighted by Crippen LogP contribution is -2.26. The number of rotatable bonds is 4. The fourth-order valence-corrected chi connectivity index (χ4v) is 3.22. The number of nitrogens with one attached hydrogen (secondary N) is 2. The molecule has 4 N–H and O–H groups in total. The molecule has 0 saturated heterocycles. The molecule has 1 aliphatic carbocycles. The zero-order chi connectivity index (χ0) is 14.8. The molecule has 5 nitrogen and oxygen atoms in total. The molecule has 1 aromatic heterocycles. The summed E-state index contributed by atoms with van der Waals surface area (Å²) in [5, 5.41) is 6.88. The highest BCUT2D eigenvalue weighted by Crippen LogP contribution is 2.30. The van der Waals surface area contributed by atoms with Crippen LogP contribution in [-0.2, 0) is 0 Å². The average molecular weight is 414 g/mol. The van der Waals surface area contributed by atoms with Gasteiger partial charge in [0.2, 0.25) is 0 Å². The van der Waals surface area contributed by atoms with E-state index in [-0.39, 0.29) is 11.7 Å². The number of anilines is 3. The molecular formula is C14H15IN4OS. The Kier molecular flexibility index (Phi) is 4.29. The van der Waals surface area contributed by atoms with E-state index in [4.69, 9.17) is 5.73 Å². The largest absolute Gasteiger partial charge is 0.382 e. The number of thiazole rings is 1. The van der Waals surface area contributed by atoms with Crippen molar-refractivity contribution in [3.8, 4) is 0 Å². The predicted octanol–water partition coefficient (Wildman–Crippen LogP) is 3.55. The van der Waals surface area contributed by atoms with E-state index in [1.165, 1.54) is 17.8 Å². The Morgan fingerprint density at radius 2 is 2.05 bits per heavy atom. The monoisotopic (exact) mass is 414 g/mol. The van der Waals surface area contributed by atoms with Crippen molar-refractivity contribution in [2.24, 2.45) is 0 Å². The first kappa shape index (κ1) is 14.6. The summed E-state index contributed by atoms with van der Waals surface area (Å²) in [6, 6.07) is 8.09. The van der Waals surface area contributed by atoms with Crippen LogP contribution in [-0.4, -0.2) is 16.9 Å². The van der Waals surface area contributed by atoms with Crippen LogP contribution in [0.4, 0.5) is 16.6 Å². The van der Waals surface area contributed by atoms with Crippen molar-refractivity contribution in [3.63, 3.8) is 0 Å². The Labute approximate surface area is 140 Å². The van der Waals surface area contributed by atoms with Gasteiger partial charge in [-0.15, -0.1) is 0 Å². The normalized spacial score (nSPS) is 14.5. The van der Waals surface area contributed by atoms with Gasteiger partial charge in [0.25, 0.3) is 5.91 Å². The number of halogens is 1. The predicted molar refractivity (Wildman–Crippen MR) is 94.9 cm³/mol. The highest BCUT2D eigenvalue weighted by molar-refractivity contribution is 14.1. The molecule has 1 heterocycles. The third-order valence-corrected chi connectivity index (χ3v) is 5.11. The van der Waals surface area contributed by atoms with Crippen LogP contribution < -0.4 is 16.4 Å². The number of nitrogens with two attached hydrogens (primary N) is 1. The van der Waals surface area contributed by atoms with Gasteiger partial charge in [0.1, 0.15) is 10.7 Å². The molecule has 2 aromatic rings. The molecule has 0 spiro atoms. The van der Waals surface area contributed by atoms with Crippen molar-refractivity contribution in [1.29, 1.82) is 0 Å². The number of aromatic nitrogens is 1. The van der Waals surface area contributed by atoms with Gasteiger partial charge in [0.15, 0.2) is 5.13 Å². The first-order chi connectivity index (χ1) is 10.1. The quantitative estimate of drug-likeness (QED) is 0.669. The second kappa shape index (κ2) is 6.18. The van der Waals surface area contributed by atoms with Gasteiger partial charge in [-0.1, -0.05) is 11.3 Å². The summed E-state index contributed by atoms with van der Waals surface area (Å²) in [6.07, 6.45) is 3.56. The second-order valence-corrected chi connectivity index (χ2v) is 7.21. The molecule has 1 saturated carbocycles. The summed E-state index contributed by atoms with van der Waals surface area (Å²) in [7, 11) is 0. The zero-order valence-corrected chi connectivity index (χ0v) is 14.2. The zero-order valence-electron chi connectivity index (χ0n) is 11.2. The van der Waals surface area contributed by atoms with Crippen molar-refractivity contribution in [2.75, 3.05) is 16.4 Å². The van der Waals surface area contributed by atoms with Crippen molar-refractivity contribution in [2.45, 2.75) is 25.3 Å². The van der Waals surface area contributed by atoms with E-state index in [9.17, 15) is 4.79 Å². The van der Waals surface area contributed by atoms with Crippen molar-refractivity contribution in [3.05, 3.63) is 32.7 Å². The Morgan fingerprint density at radius 1 is 1.33 bits per heavy atom. The Balaban J connectivity index is 1.70. The van der Waals surface area contributed by atoms with Crippen molar-refractivity contribution in [1.82, 2.24) is 4.98 Å². The van der Waals surface area contributed by atoms with E-state index in [1.54, 1.807) is 0 Å². The lowest BCUT2D eigenvalue weighted by atomic mass is 9.93. The number of nitrogens with zero attached hydrogens (tertiary/aromatic N) is 1.